The molecule has 3 atom stereocenters. The molecule has 1 heterocycles. The summed E-state index contributed by atoms with van der Waals surface area (Å²) in [5.41, 5.74) is 6.19. The second kappa shape index (κ2) is 3.37. The van der Waals surface area contributed by atoms with Crippen LogP contribution in [0.2, 0.25) is 0 Å². The van der Waals surface area contributed by atoms with Gasteiger partial charge in [0.1, 0.15) is 0 Å². The fourth-order valence-corrected chi connectivity index (χ4v) is 3.77. The number of hydrogen-bond acceptors (Lipinski definition) is 2. The summed E-state index contributed by atoms with van der Waals surface area (Å²) in [4.78, 5) is 2.66. The third-order valence-corrected chi connectivity index (χ3v) is 4.84. The zero-order valence-electron chi connectivity index (χ0n) is 7.88. The van der Waals surface area contributed by atoms with E-state index in [1.165, 1.54) is 20.6 Å². The van der Waals surface area contributed by atoms with E-state index in [9.17, 15) is 0 Å². The van der Waals surface area contributed by atoms with Gasteiger partial charge in [0.25, 0.3) is 0 Å². The molecule has 2 N–H and O–H groups in total. The zero-order valence-corrected chi connectivity index (χ0v) is 10.3. The van der Waals surface area contributed by atoms with Gasteiger partial charge in [-0.05, 0) is 47.2 Å². The van der Waals surface area contributed by atoms with Crippen LogP contribution in [0.4, 0.5) is 0 Å². The summed E-state index contributed by atoms with van der Waals surface area (Å²) in [7, 11) is 0. The summed E-state index contributed by atoms with van der Waals surface area (Å²) in [6, 6.07) is 2.41. The molecule has 0 radical (unpaired) electrons. The van der Waals surface area contributed by atoms with Crippen LogP contribution in [0, 0.1) is 18.8 Å². The summed E-state index contributed by atoms with van der Waals surface area (Å²) in [6.07, 6.45) is 1.30. The van der Waals surface area contributed by atoms with Crippen LogP contribution in [0.15, 0.2) is 10.5 Å². The van der Waals surface area contributed by atoms with Crippen molar-refractivity contribution in [3.63, 3.8) is 0 Å². The molecule has 3 unspecified atom stereocenters. The Morgan fingerprint density at radius 1 is 1.69 bits per heavy atom. The highest BCUT2D eigenvalue weighted by Crippen LogP contribution is 2.48. The van der Waals surface area contributed by atoms with E-state index in [0.717, 1.165) is 5.92 Å². The third-order valence-electron chi connectivity index (χ3n) is 2.77. The summed E-state index contributed by atoms with van der Waals surface area (Å²) in [5.74, 6) is 1.54. The van der Waals surface area contributed by atoms with Gasteiger partial charge in [-0.25, -0.2) is 0 Å². The maximum Gasteiger partial charge on any atom is 0.0432 e. The van der Waals surface area contributed by atoms with Gasteiger partial charge in [0.2, 0.25) is 0 Å². The highest BCUT2D eigenvalue weighted by atomic mass is 79.9. The Bertz CT molecular complexity index is 321. The lowest BCUT2D eigenvalue weighted by Gasteiger charge is -2.08. The first-order valence-electron chi connectivity index (χ1n) is 4.61. The molecular formula is C10H14BrNS. The largest absolute Gasteiger partial charge is 0.323 e. The maximum atomic E-state index is 6.19. The van der Waals surface area contributed by atoms with Crippen molar-refractivity contribution in [3.05, 3.63) is 20.3 Å². The highest BCUT2D eigenvalue weighted by Gasteiger charge is 2.39. The minimum Gasteiger partial charge on any atom is -0.323 e. The van der Waals surface area contributed by atoms with E-state index < -0.39 is 0 Å². The summed E-state index contributed by atoms with van der Waals surface area (Å²) in [6.45, 7) is 4.40. The summed E-state index contributed by atoms with van der Waals surface area (Å²) >= 11 is 5.39. The van der Waals surface area contributed by atoms with E-state index in [1.54, 1.807) is 0 Å². The molecule has 1 nitrogen and oxygen atoms in total. The average Bonchev–Trinajstić information content (AvgIpc) is 2.67. The first kappa shape index (κ1) is 9.69. The molecular weight excluding hydrogens is 246 g/mol. The summed E-state index contributed by atoms with van der Waals surface area (Å²) in [5, 5.41) is 0. The van der Waals surface area contributed by atoms with Gasteiger partial charge in [-0.2, -0.15) is 0 Å². The van der Waals surface area contributed by atoms with Crippen LogP contribution in [0.1, 0.15) is 29.1 Å². The molecule has 1 aromatic heterocycles. The smallest absolute Gasteiger partial charge is 0.0432 e. The van der Waals surface area contributed by atoms with Gasteiger partial charge in [-0.3, -0.25) is 0 Å². The standard InChI is InChI=1S/C10H14BrNS/c1-5-3-7(5)9(12)10-8(11)4-6(2)13-10/h4-5,7,9H,3,12H2,1-2H3. The number of hydrogen-bond donors (Lipinski definition) is 1. The Labute approximate surface area is 91.5 Å². The monoisotopic (exact) mass is 259 g/mol. The van der Waals surface area contributed by atoms with Gasteiger partial charge in [0.05, 0.1) is 0 Å². The maximum absolute atomic E-state index is 6.19. The molecule has 0 aliphatic heterocycles. The zero-order chi connectivity index (χ0) is 9.59. The fourth-order valence-electron chi connectivity index (χ4n) is 1.77. The SMILES string of the molecule is Cc1cc(Br)c(C(N)C2CC2C)s1. The quantitative estimate of drug-likeness (QED) is 0.865. The lowest BCUT2D eigenvalue weighted by atomic mass is 10.1. The highest BCUT2D eigenvalue weighted by molar-refractivity contribution is 9.10. The molecule has 1 aromatic rings. The van der Waals surface area contributed by atoms with Crippen LogP contribution in [0.3, 0.4) is 0 Å². The van der Waals surface area contributed by atoms with Gasteiger partial charge in [0, 0.05) is 20.3 Å². The molecule has 1 aliphatic carbocycles. The molecule has 0 bridgehead atoms. The minimum atomic E-state index is 0.253. The molecule has 2 rings (SSSR count). The van der Waals surface area contributed by atoms with Crippen molar-refractivity contribution in [3.8, 4) is 0 Å². The Morgan fingerprint density at radius 3 is 2.69 bits per heavy atom. The van der Waals surface area contributed by atoms with E-state index in [4.69, 9.17) is 5.73 Å². The minimum absolute atomic E-state index is 0.253. The van der Waals surface area contributed by atoms with E-state index in [2.05, 4.69) is 35.8 Å². The van der Waals surface area contributed by atoms with Gasteiger partial charge >= 0.3 is 0 Å². The van der Waals surface area contributed by atoms with E-state index in [-0.39, 0.29) is 6.04 Å². The average molecular weight is 260 g/mol. The van der Waals surface area contributed by atoms with Crippen LogP contribution >= 0.6 is 27.3 Å². The Morgan fingerprint density at radius 2 is 2.31 bits per heavy atom. The van der Waals surface area contributed by atoms with Gasteiger partial charge in [-0.15, -0.1) is 11.3 Å². The third kappa shape index (κ3) is 1.83. The van der Waals surface area contributed by atoms with Crippen molar-refractivity contribution in [1.82, 2.24) is 0 Å². The molecule has 1 fully saturated rings. The fraction of sp³-hybridized carbons (Fsp3) is 0.600. The summed E-state index contributed by atoms with van der Waals surface area (Å²) < 4.78 is 1.20. The van der Waals surface area contributed by atoms with Gasteiger partial charge < -0.3 is 5.73 Å². The number of nitrogens with two attached hydrogens (primary N) is 1. The van der Waals surface area contributed by atoms with Crippen LogP contribution in [-0.4, -0.2) is 0 Å². The Hall–Kier alpha value is 0.140. The molecule has 0 aromatic carbocycles. The second-order valence-electron chi connectivity index (χ2n) is 3.97. The van der Waals surface area contributed by atoms with Gasteiger partial charge in [-0.1, -0.05) is 6.92 Å². The molecule has 0 saturated heterocycles. The van der Waals surface area contributed by atoms with E-state index in [0.29, 0.717) is 5.92 Å². The van der Waals surface area contributed by atoms with Crippen molar-refractivity contribution >= 4 is 27.3 Å². The van der Waals surface area contributed by atoms with E-state index >= 15 is 0 Å². The number of thiophene rings is 1. The molecule has 0 amide bonds. The first-order valence-corrected chi connectivity index (χ1v) is 6.22. The predicted molar refractivity (Wildman–Crippen MR) is 61.0 cm³/mol. The van der Waals surface area contributed by atoms with Crippen molar-refractivity contribution in [2.45, 2.75) is 26.3 Å². The normalized spacial score (nSPS) is 28.9. The van der Waals surface area contributed by atoms with E-state index in [1.807, 2.05) is 11.3 Å². The molecule has 1 aliphatic rings. The lowest BCUT2D eigenvalue weighted by molar-refractivity contribution is 0.601. The topological polar surface area (TPSA) is 26.0 Å². The van der Waals surface area contributed by atoms with Gasteiger partial charge in [0.15, 0.2) is 0 Å². The Balaban J connectivity index is 2.19. The predicted octanol–water partition coefficient (Wildman–Crippen LogP) is 3.47. The van der Waals surface area contributed by atoms with Crippen LogP contribution in [0.25, 0.3) is 0 Å². The number of aryl methyl sites for hydroxylation is 1. The molecule has 0 spiro atoms. The molecule has 1 saturated carbocycles. The van der Waals surface area contributed by atoms with Crippen molar-refractivity contribution in [2.75, 3.05) is 0 Å². The van der Waals surface area contributed by atoms with Crippen LogP contribution in [-0.2, 0) is 0 Å². The van der Waals surface area contributed by atoms with Crippen molar-refractivity contribution in [1.29, 1.82) is 0 Å². The van der Waals surface area contributed by atoms with Crippen molar-refractivity contribution in [2.24, 2.45) is 17.6 Å². The second-order valence-corrected chi connectivity index (χ2v) is 6.11. The van der Waals surface area contributed by atoms with Crippen molar-refractivity contribution < 1.29 is 0 Å². The van der Waals surface area contributed by atoms with Crippen LogP contribution < -0.4 is 5.73 Å². The Kier molecular flexibility index (Phi) is 2.51. The first-order chi connectivity index (χ1) is 6.09. The number of rotatable bonds is 2. The lowest BCUT2D eigenvalue weighted by Crippen LogP contribution is -2.12. The number of halogens is 1. The molecule has 13 heavy (non-hydrogen) atoms. The molecule has 72 valence electrons. The van der Waals surface area contributed by atoms with Crippen LogP contribution in [0.5, 0.6) is 0 Å². The molecule has 3 heteroatoms.